The molecule has 2 heterocycles. The highest BCUT2D eigenvalue weighted by atomic mass is 16.2. The number of aliphatic imine (C=N–C) groups is 2. The quantitative estimate of drug-likeness (QED) is 0.367. The molecule has 2 aliphatic heterocycles. The van der Waals surface area contributed by atoms with E-state index in [0.29, 0.717) is 5.84 Å². The summed E-state index contributed by atoms with van der Waals surface area (Å²) in [7, 11) is 0. The molecule has 1 amide bonds. The van der Waals surface area contributed by atoms with Gasteiger partial charge >= 0.3 is 0 Å². The van der Waals surface area contributed by atoms with Gasteiger partial charge in [0.25, 0.3) is 5.91 Å². The Bertz CT molecular complexity index is 258. The van der Waals surface area contributed by atoms with E-state index < -0.39 is 12.3 Å². The Kier molecular flexibility index (Phi) is 1.16. The largest absolute Gasteiger partial charge is 0.358 e. The van der Waals surface area contributed by atoms with Crippen molar-refractivity contribution in [2.24, 2.45) is 15.7 Å². The van der Waals surface area contributed by atoms with Gasteiger partial charge < -0.3 is 10.6 Å². The average molecular weight is 153 g/mol. The molecule has 0 saturated carbocycles. The fourth-order valence-electron chi connectivity index (χ4n) is 1.03. The van der Waals surface area contributed by atoms with Gasteiger partial charge in [0.2, 0.25) is 0 Å². The molecule has 6 heteroatoms. The number of hydrogen-bond donors (Lipinski definition) is 3. The molecule has 2 rings (SSSR count). The van der Waals surface area contributed by atoms with Crippen LogP contribution in [-0.2, 0) is 4.79 Å². The number of hydrogen-bond acceptors (Lipinski definition) is 5. The Morgan fingerprint density at radius 2 is 2.45 bits per heavy atom. The van der Waals surface area contributed by atoms with E-state index >= 15 is 0 Å². The van der Waals surface area contributed by atoms with Gasteiger partial charge in [-0.3, -0.25) is 10.5 Å². The first-order valence-corrected chi connectivity index (χ1v) is 3.19. The second-order valence-corrected chi connectivity index (χ2v) is 2.30. The molecule has 2 unspecified atom stereocenters. The van der Waals surface area contributed by atoms with E-state index in [9.17, 15) is 4.79 Å². The van der Waals surface area contributed by atoms with Crippen molar-refractivity contribution in [3.05, 3.63) is 0 Å². The molecule has 0 saturated heterocycles. The van der Waals surface area contributed by atoms with Gasteiger partial charge in [-0.2, -0.15) is 0 Å². The Labute approximate surface area is 62.6 Å². The number of amides is 1. The molecule has 0 bridgehead atoms. The molecule has 0 spiro atoms. The van der Waals surface area contributed by atoms with E-state index in [1.165, 1.54) is 6.34 Å². The van der Waals surface area contributed by atoms with Gasteiger partial charge in [-0.05, 0) is 0 Å². The summed E-state index contributed by atoms with van der Waals surface area (Å²) in [6.45, 7) is 0. The Morgan fingerprint density at radius 1 is 1.64 bits per heavy atom. The van der Waals surface area contributed by atoms with E-state index in [-0.39, 0.29) is 5.91 Å². The highest BCUT2D eigenvalue weighted by Crippen LogP contribution is 2.02. The van der Waals surface area contributed by atoms with Crippen molar-refractivity contribution in [3.8, 4) is 0 Å². The fraction of sp³-hybridized carbons (Fsp3) is 0.400. The lowest BCUT2D eigenvalue weighted by Crippen LogP contribution is -2.55. The summed E-state index contributed by atoms with van der Waals surface area (Å²) in [6.07, 6.45) is 0.798. The van der Waals surface area contributed by atoms with Gasteiger partial charge in [0.1, 0.15) is 0 Å². The van der Waals surface area contributed by atoms with Crippen LogP contribution in [0.25, 0.3) is 0 Å². The second kappa shape index (κ2) is 2.03. The number of amidine groups is 1. The van der Waals surface area contributed by atoms with Gasteiger partial charge in [0, 0.05) is 0 Å². The zero-order valence-electron chi connectivity index (χ0n) is 5.61. The van der Waals surface area contributed by atoms with Gasteiger partial charge in [0.15, 0.2) is 18.2 Å². The number of fused-ring (bicyclic) bond motifs is 1. The highest BCUT2D eigenvalue weighted by molar-refractivity contribution is 6.14. The van der Waals surface area contributed by atoms with Crippen LogP contribution in [0.3, 0.4) is 0 Å². The first-order chi connectivity index (χ1) is 5.27. The lowest BCUT2D eigenvalue weighted by molar-refractivity contribution is -0.122. The molecule has 4 N–H and O–H groups in total. The normalized spacial score (nSPS) is 33.9. The molecule has 0 aromatic heterocycles. The number of carbonyl (C=O) groups excluding carboxylic acids is 1. The van der Waals surface area contributed by atoms with Crippen LogP contribution in [0.1, 0.15) is 0 Å². The average Bonchev–Trinajstić information content (AvgIpc) is 2.34. The lowest BCUT2D eigenvalue weighted by atomic mass is 10.2. The third-order valence-electron chi connectivity index (χ3n) is 1.52. The summed E-state index contributed by atoms with van der Waals surface area (Å²) in [5, 5.41) is 5.20. The van der Waals surface area contributed by atoms with Crippen LogP contribution in [0.15, 0.2) is 9.98 Å². The van der Waals surface area contributed by atoms with E-state index in [1.54, 1.807) is 0 Å². The minimum absolute atomic E-state index is 0.181. The Morgan fingerprint density at radius 3 is 3.27 bits per heavy atom. The number of nitrogens with two attached hydrogens (primary N) is 1. The van der Waals surface area contributed by atoms with Gasteiger partial charge in [-0.15, -0.1) is 0 Å². The zero-order chi connectivity index (χ0) is 7.84. The summed E-state index contributed by atoms with van der Waals surface area (Å²) in [4.78, 5) is 18.8. The topological polar surface area (TPSA) is 91.9 Å². The van der Waals surface area contributed by atoms with E-state index in [2.05, 4.69) is 20.6 Å². The SMILES string of the molecule is NC1N=C2N=CNC2C(=O)N1. The molecule has 0 radical (unpaired) electrons. The first-order valence-electron chi connectivity index (χ1n) is 3.19. The van der Waals surface area contributed by atoms with Gasteiger partial charge in [-0.1, -0.05) is 0 Å². The van der Waals surface area contributed by atoms with Crippen LogP contribution in [0.2, 0.25) is 0 Å². The summed E-state index contributed by atoms with van der Waals surface area (Å²) >= 11 is 0. The number of nitrogens with one attached hydrogen (secondary N) is 2. The lowest BCUT2D eigenvalue weighted by Gasteiger charge is -2.19. The van der Waals surface area contributed by atoms with Crippen molar-refractivity contribution in [2.75, 3.05) is 0 Å². The van der Waals surface area contributed by atoms with Crippen molar-refractivity contribution in [2.45, 2.75) is 12.3 Å². The molecule has 0 aromatic carbocycles. The maximum Gasteiger partial charge on any atom is 0.253 e. The molecule has 2 atom stereocenters. The van der Waals surface area contributed by atoms with Crippen molar-refractivity contribution in [1.29, 1.82) is 0 Å². The molecule has 0 aliphatic carbocycles. The van der Waals surface area contributed by atoms with Crippen LogP contribution < -0.4 is 16.4 Å². The number of rotatable bonds is 0. The minimum Gasteiger partial charge on any atom is -0.358 e. The summed E-state index contributed by atoms with van der Waals surface area (Å²) in [5.74, 6) is 0.279. The Balaban J connectivity index is 2.32. The van der Waals surface area contributed by atoms with Crippen molar-refractivity contribution in [3.63, 3.8) is 0 Å². The summed E-state index contributed by atoms with van der Waals surface area (Å²) in [5.41, 5.74) is 5.36. The van der Waals surface area contributed by atoms with Crippen molar-refractivity contribution >= 4 is 18.1 Å². The van der Waals surface area contributed by atoms with Crippen molar-refractivity contribution < 1.29 is 4.79 Å². The van der Waals surface area contributed by atoms with Crippen LogP contribution in [0, 0.1) is 0 Å². The van der Waals surface area contributed by atoms with Crippen LogP contribution >= 0.6 is 0 Å². The molecule has 0 aromatic rings. The van der Waals surface area contributed by atoms with Gasteiger partial charge in [-0.25, -0.2) is 9.98 Å². The molecule has 0 fully saturated rings. The van der Waals surface area contributed by atoms with E-state index in [1.807, 2.05) is 0 Å². The fourth-order valence-corrected chi connectivity index (χ4v) is 1.03. The monoisotopic (exact) mass is 153 g/mol. The number of carbonyl (C=O) groups is 1. The molecule has 2 aliphatic rings. The second-order valence-electron chi connectivity index (χ2n) is 2.30. The molecule has 58 valence electrons. The third kappa shape index (κ3) is 0.874. The molecular weight excluding hydrogens is 146 g/mol. The minimum atomic E-state index is -0.647. The maximum atomic E-state index is 11.1. The third-order valence-corrected chi connectivity index (χ3v) is 1.52. The van der Waals surface area contributed by atoms with Gasteiger partial charge in [0.05, 0.1) is 6.34 Å². The maximum absolute atomic E-state index is 11.1. The molecule has 11 heavy (non-hydrogen) atoms. The van der Waals surface area contributed by atoms with Crippen LogP contribution in [0.5, 0.6) is 0 Å². The zero-order valence-corrected chi connectivity index (χ0v) is 5.61. The molecular formula is C5H7N5O. The predicted octanol–water partition coefficient (Wildman–Crippen LogP) is -2.24. The van der Waals surface area contributed by atoms with Crippen LogP contribution in [-0.4, -0.2) is 30.4 Å². The standard InChI is InChI=1S/C5H7N5O/c6-5-9-3-2(4(11)10-5)7-1-8-3/h1-2,5H,6H2,(H,10,11)(H,7,8,9). The molecule has 6 nitrogen and oxygen atoms in total. The predicted molar refractivity (Wildman–Crippen MR) is 39.0 cm³/mol. The summed E-state index contributed by atoms with van der Waals surface area (Å²) in [6, 6.07) is -0.435. The smallest absolute Gasteiger partial charge is 0.253 e. The van der Waals surface area contributed by atoms with Crippen LogP contribution in [0.4, 0.5) is 0 Å². The van der Waals surface area contributed by atoms with E-state index in [4.69, 9.17) is 5.73 Å². The number of nitrogens with zero attached hydrogens (tertiary/aromatic N) is 2. The summed E-state index contributed by atoms with van der Waals surface area (Å²) < 4.78 is 0. The first kappa shape index (κ1) is 6.29. The van der Waals surface area contributed by atoms with E-state index in [0.717, 1.165) is 0 Å². The van der Waals surface area contributed by atoms with Crippen molar-refractivity contribution in [1.82, 2.24) is 10.6 Å². The highest BCUT2D eigenvalue weighted by Gasteiger charge is 2.31. The Hall–Kier alpha value is -1.43.